The highest BCUT2D eigenvalue weighted by Crippen LogP contribution is 2.59. The lowest BCUT2D eigenvalue weighted by Gasteiger charge is -2.26. The van der Waals surface area contributed by atoms with Crippen LogP contribution in [0.1, 0.15) is 25.0 Å². The van der Waals surface area contributed by atoms with E-state index in [2.05, 4.69) is 105 Å². The number of hydrogen-bond acceptors (Lipinski definition) is 5. The van der Waals surface area contributed by atoms with Gasteiger partial charge in [0.1, 0.15) is 0 Å². The maximum absolute atomic E-state index is 6.71. The number of benzene rings is 7. The summed E-state index contributed by atoms with van der Waals surface area (Å²) < 4.78 is 13.4. The van der Waals surface area contributed by atoms with Crippen molar-refractivity contribution in [2.75, 3.05) is 0 Å². The van der Waals surface area contributed by atoms with Crippen molar-refractivity contribution >= 4 is 10.8 Å². The number of fused-ring (bicyclic) bond motifs is 7. The normalized spacial score (nSPS) is 13.4. The number of ether oxygens (including phenoxy) is 2. The Morgan fingerprint density at radius 1 is 0.412 bits per heavy atom. The molecule has 10 rings (SSSR count). The Morgan fingerprint density at radius 2 is 1.00 bits per heavy atom. The van der Waals surface area contributed by atoms with E-state index in [1.807, 2.05) is 60.7 Å². The van der Waals surface area contributed by atoms with Crippen molar-refractivity contribution in [3.05, 3.63) is 163 Å². The maximum Gasteiger partial charge on any atom is 0.178 e. The Morgan fingerprint density at radius 3 is 1.84 bits per heavy atom. The number of para-hydroxylation sites is 1. The molecule has 0 saturated carbocycles. The van der Waals surface area contributed by atoms with E-state index in [0.29, 0.717) is 29.0 Å². The Hall–Kier alpha value is -6.59. The molecule has 0 unspecified atom stereocenters. The molecule has 0 fully saturated rings. The first-order valence-corrected chi connectivity index (χ1v) is 17.2. The van der Waals surface area contributed by atoms with Crippen LogP contribution in [-0.2, 0) is 5.41 Å². The molecule has 2 aliphatic rings. The van der Waals surface area contributed by atoms with Crippen LogP contribution in [0.4, 0.5) is 0 Å². The summed E-state index contributed by atoms with van der Waals surface area (Å²) in [6.07, 6.45) is 0. The molecule has 1 aliphatic heterocycles. The molecule has 5 heteroatoms. The van der Waals surface area contributed by atoms with Gasteiger partial charge in [-0.1, -0.05) is 153 Å². The van der Waals surface area contributed by atoms with Gasteiger partial charge in [-0.2, -0.15) is 0 Å². The molecule has 0 spiro atoms. The van der Waals surface area contributed by atoms with Gasteiger partial charge < -0.3 is 9.47 Å². The van der Waals surface area contributed by atoms with Crippen LogP contribution in [0.15, 0.2) is 152 Å². The van der Waals surface area contributed by atoms with Crippen LogP contribution in [-0.4, -0.2) is 15.0 Å². The molecule has 0 radical (unpaired) electrons. The molecule has 242 valence electrons. The van der Waals surface area contributed by atoms with E-state index in [1.54, 1.807) is 0 Å². The molecule has 0 N–H and O–H groups in total. The Labute approximate surface area is 295 Å². The quantitative estimate of drug-likeness (QED) is 0.188. The smallest absolute Gasteiger partial charge is 0.178 e. The van der Waals surface area contributed by atoms with Crippen LogP contribution in [0.5, 0.6) is 23.0 Å². The molecule has 0 bridgehead atoms. The zero-order valence-corrected chi connectivity index (χ0v) is 28.1. The molecular weight excluding hydrogens is 627 g/mol. The van der Waals surface area contributed by atoms with Crippen molar-refractivity contribution in [3.8, 4) is 79.4 Å². The second kappa shape index (κ2) is 11.2. The lowest BCUT2D eigenvalue weighted by molar-refractivity contribution is 0.361. The first-order valence-electron chi connectivity index (χ1n) is 17.2. The third kappa shape index (κ3) is 4.66. The minimum atomic E-state index is -0.121. The van der Waals surface area contributed by atoms with E-state index in [4.69, 9.17) is 24.4 Å². The molecule has 0 amide bonds. The minimum absolute atomic E-state index is 0.121. The first-order chi connectivity index (χ1) is 25.0. The molecule has 1 aliphatic carbocycles. The van der Waals surface area contributed by atoms with E-state index >= 15 is 0 Å². The molecular formula is C46H31N3O2. The molecule has 51 heavy (non-hydrogen) atoms. The summed E-state index contributed by atoms with van der Waals surface area (Å²) in [5.74, 6) is 4.77. The lowest BCUT2D eigenvalue weighted by Crippen LogP contribution is -2.15. The van der Waals surface area contributed by atoms with E-state index in [9.17, 15) is 0 Å². The van der Waals surface area contributed by atoms with E-state index < -0.39 is 0 Å². The number of hydrogen-bond donors (Lipinski definition) is 0. The molecule has 7 aromatic carbocycles. The predicted octanol–water partition coefficient (Wildman–Crippen LogP) is 11.9. The summed E-state index contributed by atoms with van der Waals surface area (Å²) in [5.41, 5.74) is 9.49. The Bertz CT molecular complexity index is 2660. The van der Waals surface area contributed by atoms with Crippen molar-refractivity contribution < 1.29 is 9.47 Å². The van der Waals surface area contributed by atoms with Gasteiger partial charge in [0, 0.05) is 33.2 Å². The second-order valence-corrected chi connectivity index (χ2v) is 13.6. The summed E-state index contributed by atoms with van der Waals surface area (Å²) in [5, 5.41) is 2.24. The lowest BCUT2D eigenvalue weighted by atomic mass is 9.82. The van der Waals surface area contributed by atoms with Crippen LogP contribution >= 0.6 is 0 Å². The predicted molar refractivity (Wildman–Crippen MR) is 203 cm³/mol. The van der Waals surface area contributed by atoms with Gasteiger partial charge >= 0.3 is 0 Å². The van der Waals surface area contributed by atoms with Gasteiger partial charge in [0.2, 0.25) is 0 Å². The van der Waals surface area contributed by atoms with Gasteiger partial charge in [-0.05, 0) is 45.2 Å². The number of aromatic nitrogens is 3. The first kappa shape index (κ1) is 29.3. The van der Waals surface area contributed by atoms with Crippen molar-refractivity contribution in [2.24, 2.45) is 0 Å². The van der Waals surface area contributed by atoms with Crippen LogP contribution in [0.25, 0.3) is 67.2 Å². The highest BCUT2D eigenvalue weighted by molar-refractivity contribution is 5.95. The molecule has 2 heterocycles. The van der Waals surface area contributed by atoms with Gasteiger partial charge in [0.15, 0.2) is 40.5 Å². The van der Waals surface area contributed by atoms with Crippen LogP contribution in [0.2, 0.25) is 0 Å². The van der Waals surface area contributed by atoms with Crippen molar-refractivity contribution in [1.82, 2.24) is 15.0 Å². The topological polar surface area (TPSA) is 57.1 Å². The summed E-state index contributed by atoms with van der Waals surface area (Å²) in [4.78, 5) is 15.0. The summed E-state index contributed by atoms with van der Waals surface area (Å²) in [6.45, 7) is 4.54. The molecule has 8 aromatic rings. The van der Waals surface area contributed by atoms with Crippen LogP contribution in [0.3, 0.4) is 0 Å². The van der Waals surface area contributed by atoms with E-state index in [-0.39, 0.29) is 5.41 Å². The van der Waals surface area contributed by atoms with Crippen LogP contribution < -0.4 is 9.47 Å². The Balaban J connectivity index is 1.04. The van der Waals surface area contributed by atoms with Gasteiger partial charge in [0.25, 0.3) is 0 Å². The van der Waals surface area contributed by atoms with Gasteiger partial charge in [-0.3, -0.25) is 0 Å². The summed E-state index contributed by atoms with van der Waals surface area (Å²) in [6, 6.07) is 51.8. The molecule has 0 saturated heterocycles. The van der Waals surface area contributed by atoms with Gasteiger partial charge in [0.05, 0.1) is 0 Å². The zero-order chi connectivity index (χ0) is 34.1. The fourth-order valence-electron chi connectivity index (χ4n) is 7.63. The monoisotopic (exact) mass is 657 g/mol. The van der Waals surface area contributed by atoms with Crippen molar-refractivity contribution in [1.29, 1.82) is 0 Å². The van der Waals surface area contributed by atoms with E-state index in [1.165, 1.54) is 16.7 Å². The fraction of sp³-hybridized carbons (Fsp3) is 0.0652. The molecule has 5 nitrogen and oxygen atoms in total. The maximum atomic E-state index is 6.71. The van der Waals surface area contributed by atoms with E-state index in [0.717, 1.165) is 55.7 Å². The highest BCUT2D eigenvalue weighted by Gasteiger charge is 2.39. The Kier molecular flexibility index (Phi) is 6.46. The van der Waals surface area contributed by atoms with Gasteiger partial charge in [-0.25, -0.2) is 15.0 Å². The zero-order valence-electron chi connectivity index (χ0n) is 28.1. The van der Waals surface area contributed by atoms with Gasteiger partial charge in [-0.15, -0.1) is 0 Å². The highest BCUT2D eigenvalue weighted by atomic mass is 16.6. The average Bonchev–Trinajstić information content (AvgIpc) is 3.43. The fourth-order valence-corrected chi connectivity index (χ4v) is 7.63. The summed E-state index contributed by atoms with van der Waals surface area (Å²) >= 11 is 0. The van der Waals surface area contributed by atoms with Crippen LogP contribution in [0, 0.1) is 0 Å². The van der Waals surface area contributed by atoms with Crippen molar-refractivity contribution in [2.45, 2.75) is 19.3 Å². The number of nitrogens with zero attached hydrogens (tertiary/aromatic N) is 3. The molecule has 1 aromatic heterocycles. The average molecular weight is 658 g/mol. The third-order valence-electron chi connectivity index (χ3n) is 10.2. The summed E-state index contributed by atoms with van der Waals surface area (Å²) in [7, 11) is 0. The third-order valence-corrected chi connectivity index (χ3v) is 10.2. The molecule has 0 atom stereocenters. The minimum Gasteiger partial charge on any atom is -0.449 e. The SMILES string of the molecule is CC1(C)c2ccccc2-c2c1ccc1c2Oc2cccc(-c3ccc(-c4nc(-c5ccccc5)nc(-c5cccc6ccccc56)n4)cc3)c2O1. The second-order valence-electron chi connectivity index (χ2n) is 13.6. The largest absolute Gasteiger partial charge is 0.449 e. The standard InChI is InChI=1S/C46H31N3O2/c1-46(2)36-20-9-8-17-35(36)40-37(46)26-27-39-42(40)51-38-21-11-18-33(41(38)50-39)29-22-24-31(25-23-29)44-47-43(30-13-4-3-5-14-30)48-45(49-44)34-19-10-15-28-12-6-7-16-32(28)34/h3-27H,1-2H3. The number of rotatable bonds is 4. The van der Waals surface area contributed by atoms with Crippen molar-refractivity contribution in [3.63, 3.8) is 0 Å².